The lowest BCUT2D eigenvalue weighted by atomic mass is 10.1. The molecule has 0 bridgehead atoms. The average molecular weight is 324 g/mol. The van der Waals surface area contributed by atoms with Crippen molar-refractivity contribution in [3.8, 4) is 22.6 Å². The van der Waals surface area contributed by atoms with Crippen LogP contribution in [0.3, 0.4) is 0 Å². The van der Waals surface area contributed by atoms with Gasteiger partial charge in [-0.1, -0.05) is 43.7 Å². The van der Waals surface area contributed by atoms with Crippen LogP contribution in [0.25, 0.3) is 11.1 Å². The molecular weight excluding hydrogens is 300 g/mol. The number of carbonyl (C=O) groups excluding carboxylic acids is 1. The van der Waals surface area contributed by atoms with E-state index >= 15 is 0 Å². The highest BCUT2D eigenvalue weighted by atomic mass is 16.5. The van der Waals surface area contributed by atoms with E-state index in [4.69, 9.17) is 4.74 Å². The molecule has 0 amide bonds. The quantitative estimate of drug-likeness (QED) is 0.486. The molecule has 0 saturated carbocycles. The molecule has 0 radical (unpaired) electrons. The summed E-state index contributed by atoms with van der Waals surface area (Å²) in [5.74, 6) is 1.26. The first-order chi connectivity index (χ1) is 11.7. The predicted molar refractivity (Wildman–Crippen MR) is 97.3 cm³/mol. The van der Waals surface area contributed by atoms with Gasteiger partial charge in [0.2, 0.25) is 0 Å². The van der Waals surface area contributed by atoms with Gasteiger partial charge >= 0.3 is 0 Å². The van der Waals surface area contributed by atoms with E-state index in [1.54, 1.807) is 12.1 Å². The number of ketones is 1. The Balaban J connectivity index is 1.68. The molecule has 2 aromatic rings. The summed E-state index contributed by atoms with van der Waals surface area (Å²) in [5.41, 5.74) is 2.16. The maximum atomic E-state index is 11.1. The summed E-state index contributed by atoms with van der Waals surface area (Å²) in [6.45, 7) is 4.16. The van der Waals surface area contributed by atoms with Gasteiger partial charge in [-0.3, -0.25) is 4.79 Å². The van der Waals surface area contributed by atoms with Gasteiger partial charge < -0.3 is 9.84 Å². The van der Waals surface area contributed by atoms with Crippen molar-refractivity contribution in [1.82, 2.24) is 0 Å². The lowest BCUT2D eigenvalue weighted by Crippen LogP contribution is -1.98. The third-order valence-corrected chi connectivity index (χ3v) is 3.87. The first-order valence-corrected chi connectivity index (χ1v) is 8.36. The molecule has 126 valence electrons. The fraction of sp³-hybridized carbons (Fsp3) is 0.286. The van der Waals surface area contributed by atoms with E-state index in [0.29, 0.717) is 13.0 Å². The second kappa shape index (κ2) is 9.56. The maximum absolute atomic E-state index is 11.1. The van der Waals surface area contributed by atoms with Gasteiger partial charge in [0.1, 0.15) is 11.5 Å². The Kier molecular flexibility index (Phi) is 7.09. The third kappa shape index (κ3) is 5.92. The Morgan fingerprint density at radius 2 is 1.50 bits per heavy atom. The van der Waals surface area contributed by atoms with E-state index in [-0.39, 0.29) is 11.5 Å². The molecule has 0 aromatic heterocycles. The number of allylic oxidation sites excluding steroid dienone is 1. The lowest BCUT2D eigenvalue weighted by Gasteiger charge is -2.07. The van der Waals surface area contributed by atoms with E-state index in [9.17, 15) is 9.90 Å². The molecule has 0 saturated heterocycles. The molecular formula is C21H24O3. The van der Waals surface area contributed by atoms with E-state index in [1.807, 2.05) is 36.4 Å². The summed E-state index contributed by atoms with van der Waals surface area (Å²) < 4.78 is 5.74. The number of hydrogen-bond donors (Lipinski definition) is 1. The highest BCUT2D eigenvalue weighted by Gasteiger charge is 2.00. The summed E-state index contributed by atoms with van der Waals surface area (Å²) in [4.78, 5) is 11.1. The van der Waals surface area contributed by atoms with Crippen LogP contribution in [-0.2, 0) is 4.79 Å². The van der Waals surface area contributed by atoms with E-state index < -0.39 is 0 Å². The number of ether oxygens (including phenoxy) is 1. The number of hydrogen-bond acceptors (Lipinski definition) is 3. The zero-order valence-electron chi connectivity index (χ0n) is 13.9. The zero-order chi connectivity index (χ0) is 17.2. The van der Waals surface area contributed by atoms with Gasteiger partial charge in [0.25, 0.3) is 0 Å². The van der Waals surface area contributed by atoms with Crippen molar-refractivity contribution in [1.29, 1.82) is 0 Å². The summed E-state index contributed by atoms with van der Waals surface area (Å²) in [7, 11) is 0. The van der Waals surface area contributed by atoms with Crippen LogP contribution in [0.15, 0.2) is 61.2 Å². The van der Waals surface area contributed by atoms with Crippen LogP contribution in [-0.4, -0.2) is 17.5 Å². The Bertz CT molecular complexity index is 642. The number of unbranched alkanes of at least 4 members (excludes halogenated alkanes) is 3. The highest BCUT2D eigenvalue weighted by molar-refractivity contribution is 5.88. The minimum Gasteiger partial charge on any atom is -0.508 e. The van der Waals surface area contributed by atoms with Crippen LogP contribution in [0.2, 0.25) is 0 Å². The Morgan fingerprint density at radius 1 is 0.917 bits per heavy atom. The summed E-state index contributed by atoms with van der Waals surface area (Å²) in [6, 6.07) is 15.1. The van der Waals surface area contributed by atoms with Crippen LogP contribution in [0, 0.1) is 0 Å². The van der Waals surface area contributed by atoms with Crippen LogP contribution < -0.4 is 4.74 Å². The molecule has 0 atom stereocenters. The SMILES string of the molecule is C=CC(=O)CCCCCCOc1ccc(-c2ccc(O)cc2)cc1. The van der Waals surface area contributed by atoms with Crippen LogP contribution in [0.1, 0.15) is 32.1 Å². The number of phenols is 1. The molecule has 0 aliphatic rings. The van der Waals surface area contributed by atoms with E-state index in [1.165, 1.54) is 6.08 Å². The van der Waals surface area contributed by atoms with Gasteiger partial charge in [-0.15, -0.1) is 0 Å². The highest BCUT2D eigenvalue weighted by Crippen LogP contribution is 2.24. The first kappa shape index (κ1) is 17.8. The number of benzene rings is 2. The van der Waals surface area contributed by atoms with Crippen molar-refractivity contribution in [2.75, 3.05) is 6.61 Å². The van der Waals surface area contributed by atoms with Gasteiger partial charge in [0, 0.05) is 6.42 Å². The summed E-state index contributed by atoms with van der Waals surface area (Å²) in [6.07, 6.45) is 6.01. The molecule has 2 rings (SSSR count). The number of aromatic hydroxyl groups is 1. The fourth-order valence-electron chi connectivity index (χ4n) is 2.44. The summed E-state index contributed by atoms with van der Waals surface area (Å²) >= 11 is 0. The zero-order valence-corrected chi connectivity index (χ0v) is 13.9. The Labute approximate surface area is 143 Å². The average Bonchev–Trinajstić information content (AvgIpc) is 2.62. The second-order valence-electron chi connectivity index (χ2n) is 5.75. The van der Waals surface area contributed by atoms with Crippen LogP contribution in [0.4, 0.5) is 0 Å². The maximum Gasteiger partial charge on any atom is 0.155 e. The Hall–Kier alpha value is -2.55. The standard InChI is InChI=1S/C21H24O3/c1-2-19(22)7-5-3-4-6-16-24-21-14-10-18(11-15-21)17-8-12-20(23)13-9-17/h2,8-15,23H,1,3-7,16H2. The van der Waals surface area contributed by atoms with Crippen molar-refractivity contribution in [2.45, 2.75) is 32.1 Å². The fourth-order valence-corrected chi connectivity index (χ4v) is 2.44. The smallest absolute Gasteiger partial charge is 0.155 e. The summed E-state index contributed by atoms with van der Waals surface area (Å²) in [5, 5.41) is 9.32. The van der Waals surface area contributed by atoms with Crippen molar-refractivity contribution in [3.63, 3.8) is 0 Å². The molecule has 3 heteroatoms. The first-order valence-electron chi connectivity index (χ1n) is 8.36. The van der Waals surface area contributed by atoms with Gasteiger partial charge in [0.15, 0.2) is 5.78 Å². The molecule has 0 aliphatic heterocycles. The van der Waals surface area contributed by atoms with Gasteiger partial charge in [-0.2, -0.15) is 0 Å². The van der Waals surface area contributed by atoms with Crippen molar-refractivity contribution in [2.24, 2.45) is 0 Å². The minimum atomic E-state index is 0.125. The second-order valence-corrected chi connectivity index (χ2v) is 5.75. The van der Waals surface area contributed by atoms with Crippen LogP contribution >= 0.6 is 0 Å². The van der Waals surface area contributed by atoms with Gasteiger partial charge in [-0.05, 0) is 54.3 Å². The molecule has 0 unspecified atom stereocenters. The number of rotatable bonds is 10. The molecule has 24 heavy (non-hydrogen) atoms. The van der Waals surface area contributed by atoms with Crippen molar-refractivity contribution < 1.29 is 14.6 Å². The topological polar surface area (TPSA) is 46.5 Å². The van der Waals surface area contributed by atoms with Crippen molar-refractivity contribution >= 4 is 5.78 Å². The van der Waals surface area contributed by atoms with E-state index in [0.717, 1.165) is 42.6 Å². The molecule has 0 heterocycles. The third-order valence-electron chi connectivity index (χ3n) is 3.87. The van der Waals surface area contributed by atoms with Crippen molar-refractivity contribution in [3.05, 3.63) is 61.2 Å². The lowest BCUT2D eigenvalue weighted by molar-refractivity contribution is -0.114. The minimum absolute atomic E-state index is 0.125. The van der Waals surface area contributed by atoms with Gasteiger partial charge in [0.05, 0.1) is 6.61 Å². The molecule has 1 N–H and O–H groups in total. The number of phenolic OH excluding ortho intramolecular Hbond substituents is 1. The molecule has 3 nitrogen and oxygen atoms in total. The van der Waals surface area contributed by atoms with Gasteiger partial charge in [-0.25, -0.2) is 0 Å². The molecule has 0 spiro atoms. The van der Waals surface area contributed by atoms with E-state index in [2.05, 4.69) is 6.58 Å². The predicted octanol–water partition coefficient (Wildman–Crippen LogP) is 5.14. The molecule has 0 aliphatic carbocycles. The van der Waals surface area contributed by atoms with Crippen LogP contribution in [0.5, 0.6) is 11.5 Å². The largest absolute Gasteiger partial charge is 0.508 e. The Morgan fingerprint density at radius 3 is 2.12 bits per heavy atom. The molecule has 0 fully saturated rings. The molecule has 2 aromatic carbocycles. The monoisotopic (exact) mass is 324 g/mol. The normalized spacial score (nSPS) is 10.3. The number of carbonyl (C=O) groups is 1.